The topological polar surface area (TPSA) is 44.8 Å². The van der Waals surface area contributed by atoms with E-state index in [0.29, 0.717) is 13.0 Å². The molecule has 1 unspecified atom stereocenters. The van der Waals surface area contributed by atoms with Crippen molar-refractivity contribution in [2.45, 2.75) is 77.5 Å². The van der Waals surface area contributed by atoms with Crippen LogP contribution in [0.15, 0.2) is 48.5 Å². The maximum Gasteiger partial charge on any atom is 0.427 e. The van der Waals surface area contributed by atoms with E-state index in [9.17, 15) is 18.0 Å². The lowest BCUT2D eigenvalue weighted by Gasteiger charge is -2.20. The first-order valence-electron chi connectivity index (χ1n) is 12.5. The quantitative estimate of drug-likeness (QED) is 0.175. The summed E-state index contributed by atoms with van der Waals surface area (Å²) in [6.45, 7) is 4.14. The second-order valence-electron chi connectivity index (χ2n) is 8.58. The predicted octanol–water partition coefficient (Wildman–Crippen LogP) is 8.00. The zero-order chi connectivity index (χ0) is 25.5. The smallest absolute Gasteiger partial charge is 0.427 e. The lowest BCUT2D eigenvalue weighted by molar-refractivity contribution is -0.217. The van der Waals surface area contributed by atoms with Crippen LogP contribution >= 0.6 is 0 Å². The van der Waals surface area contributed by atoms with E-state index < -0.39 is 24.9 Å². The molecule has 0 aliphatic rings. The van der Waals surface area contributed by atoms with Gasteiger partial charge in [-0.25, -0.2) is 4.79 Å². The van der Waals surface area contributed by atoms with Crippen LogP contribution in [-0.4, -0.2) is 38.1 Å². The number of esters is 1. The summed E-state index contributed by atoms with van der Waals surface area (Å²) >= 11 is 0. The summed E-state index contributed by atoms with van der Waals surface area (Å²) < 4.78 is 54.9. The molecule has 2 aromatic rings. The average Bonchev–Trinajstić information content (AvgIpc) is 2.85. The summed E-state index contributed by atoms with van der Waals surface area (Å²) in [6, 6.07) is 13.9. The van der Waals surface area contributed by atoms with Gasteiger partial charge in [0.15, 0.2) is 0 Å². The molecule has 0 aromatic heterocycles. The molecule has 0 aliphatic heterocycles. The summed E-state index contributed by atoms with van der Waals surface area (Å²) in [7, 11) is 0. The van der Waals surface area contributed by atoms with Gasteiger partial charge in [-0.3, -0.25) is 0 Å². The lowest BCUT2D eigenvalue weighted by Crippen LogP contribution is -2.38. The minimum Gasteiger partial charge on any atom is -0.494 e. The summed E-state index contributed by atoms with van der Waals surface area (Å²) in [4.78, 5) is 12.2. The first-order chi connectivity index (χ1) is 16.8. The number of ether oxygens (including phenoxy) is 3. The van der Waals surface area contributed by atoms with Crippen LogP contribution in [0.4, 0.5) is 13.2 Å². The number of hydrogen-bond acceptors (Lipinski definition) is 4. The van der Waals surface area contributed by atoms with Crippen LogP contribution in [0.2, 0.25) is 0 Å². The molecule has 0 N–H and O–H groups in total. The van der Waals surface area contributed by atoms with Gasteiger partial charge in [0.2, 0.25) is 6.10 Å². The van der Waals surface area contributed by atoms with E-state index in [1.807, 2.05) is 24.3 Å². The third-order valence-corrected chi connectivity index (χ3v) is 5.56. The van der Waals surface area contributed by atoms with Crippen LogP contribution in [0.25, 0.3) is 11.1 Å². The highest BCUT2D eigenvalue weighted by Gasteiger charge is 2.43. The first kappa shape index (κ1) is 28.7. The fourth-order valence-electron chi connectivity index (χ4n) is 3.52. The molecule has 0 fully saturated rings. The van der Waals surface area contributed by atoms with Crippen LogP contribution in [0.5, 0.6) is 5.75 Å². The van der Waals surface area contributed by atoms with Crippen molar-refractivity contribution in [3.63, 3.8) is 0 Å². The van der Waals surface area contributed by atoms with Crippen molar-refractivity contribution in [1.29, 1.82) is 0 Å². The molecule has 1 atom stereocenters. The molecule has 0 saturated heterocycles. The molecular formula is C28H37F3O4. The standard InChI is InChI=1S/C28H37F3O4/c1-3-5-6-7-8-9-10-20-34-25-17-15-23(16-18-25)22-11-13-24(14-12-22)27(32)35-26(28(29,30)31)21-33-19-4-2/h11-18,26H,3-10,19-21H2,1-2H3. The van der Waals surface area contributed by atoms with Crippen molar-refractivity contribution in [2.75, 3.05) is 19.8 Å². The molecule has 2 rings (SSSR count). The Balaban J connectivity index is 1.84. The van der Waals surface area contributed by atoms with E-state index in [1.54, 1.807) is 19.1 Å². The molecule has 4 nitrogen and oxygen atoms in total. The van der Waals surface area contributed by atoms with Gasteiger partial charge in [-0.1, -0.05) is 76.6 Å². The van der Waals surface area contributed by atoms with E-state index in [0.717, 1.165) is 23.3 Å². The Morgan fingerprint density at radius 2 is 1.34 bits per heavy atom. The fraction of sp³-hybridized carbons (Fsp3) is 0.536. The Morgan fingerprint density at radius 1 is 0.771 bits per heavy atom. The second-order valence-corrected chi connectivity index (χ2v) is 8.58. The van der Waals surface area contributed by atoms with Gasteiger partial charge in [-0.15, -0.1) is 0 Å². The zero-order valence-corrected chi connectivity index (χ0v) is 20.7. The zero-order valence-electron chi connectivity index (χ0n) is 20.7. The maximum atomic E-state index is 13.1. The number of halogens is 3. The Hall–Kier alpha value is -2.54. The Morgan fingerprint density at radius 3 is 1.91 bits per heavy atom. The molecule has 2 aromatic carbocycles. The van der Waals surface area contributed by atoms with Gasteiger partial charge < -0.3 is 14.2 Å². The van der Waals surface area contributed by atoms with E-state index in [4.69, 9.17) is 9.47 Å². The Labute approximate surface area is 206 Å². The summed E-state index contributed by atoms with van der Waals surface area (Å²) in [5.74, 6) is -0.239. The Kier molecular flexibility index (Phi) is 12.7. The molecule has 7 heteroatoms. The molecule has 0 radical (unpaired) electrons. The molecule has 0 bridgehead atoms. The molecule has 0 spiro atoms. The van der Waals surface area contributed by atoms with Crippen molar-refractivity contribution in [1.82, 2.24) is 0 Å². The van der Waals surface area contributed by atoms with Gasteiger partial charge in [-0.2, -0.15) is 13.2 Å². The van der Waals surface area contributed by atoms with Gasteiger partial charge in [0.25, 0.3) is 0 Å². The second kappa shape index (κ2) is 15.5. The van der Waals surface area contributed by atoms with Crippen LogP contribution in [-0.2, 0) is 9.47 Å². The van der Waals surface area contributed by atoms with Crippen molar-refractivity contribution < 1.29 is 32.2 Å². The van der Waals surface area contributed by atoms with E-state index in [2.05, 4.69) is 11.7 Å². The van der Waals surface area contributed by atoms with Crippen LogP contribution < -0.4 is 4.74 Å². The SMILES string of the molecule is CCCCCCCCCOc1ccc(-c2ccc(C(=O)OC(COCCC)C(F)(F)F)cc2)cc1. The van der Waals surface area contributed by atoms with Crippen molar-refractivity contribution >= 4 is 5.97 Å². The first-order valence-corrected chi connectivity index (χ1v) is 12.5. The number of rotatable bonds is 16. The number of hydrogen-bond donors (Lipinski definition) is 0. The number of unbranched alkanes of at least 4 members (excludes halogenated alkanes) is 6. The van der Waals surface area contributed by atoms with Crippen LogP contribution in [0.1, 0.15) is 75.6 Å². The molecule has 0 saturated carbocycles. The minimum absolute atomic E-state index is 0.0492. The molecule has 194 valence electrons. The van der Waals surface area contributed by atoms with Gasteiger partial charge in [0.1, 0.15) is 5.75 Å². The van der Waals surface area contributed by atoms with Crippen LogP contribution in [0.3, 0.4) is 0 Å². The highest BCUT2D eigenvalue weighted by Crippen LogP contribution is 2.26. The molecule has 0 amide bonds. The molecule has 35 heavy (non-hydrogen) atoms. The van der Waals surface area contributed by atoms with Gasteiger partial charge in [0.05, 0.1) is 18.8 Å². The van der Waals surface area contributed by atoms with Gasteiger partial charge in [0, 0.05) is 6.61 Å². The highest BCUT2D eigenvalue weighted by molar-refractivity contribution is 5.90. The monoisotopic (exact) mass is 494 g/mol. The third kappa shape index (κ3) is 10.7. The summed E-state index contributed by atoms with van der Waals surface area (Å²) in [5, 5.41) is 0. The Bertz CT molecular complexity index is 848. The lowest BCUT2D eigenvalue weighted by atomic mass is 10.0. The molecular weight excluding hydrogens is 457 g/mol. The molecule has 0 heterocycles. The fourth-order valence-corrected chi connectivity index (χ4v) is 3.52. The average molecular weight is 495 g/mol. The largest absolute Gasteiger partial charge is 0.494 e. The van der Waals surface area contributed by atoms with E-state index in [-0.39, 0.29) is 12.2 Å². The van der Waals surface area contributed by atoms with Crippen LogP contribution in [0, 0.1) is 0 Å². The third-order valence-electron chi connectivity index (χ3n) is 5.56. The van der Waals surface area contributed by atoms with E-state index >= 15 is 0 Å². The number of carbonyl (C=O) groups excluding carboxylic acids is 1. The molecule has 0 aliphatic carbocycles. The summed E-state index contributed by atoms with van der Waals surface area (Å²) in [5.41, 5.74) is 1.79. The normalized spacial score (nSPS) is 12.4. The number of alkyl halides is 3. The van der Waals surface area contributed by atoms with Gasteiger partial charge in [-0.05, 0) is 48.2 Å². The predicted molar refractivity (Wildman–Crippen MR) is 132 cm³/mol. The summed E-state index contributed by atoms with van der Waals surface area (Å²) in [6.07, 6.45) is 2.20. The number of carbonyl (C=O) groups is 1. The maximum absolute atomic E-state index is 13.1. The highest BCUT2D eigenvalue weighted by atomic mass is 19.4. The van der Waals surface area contributed by atoms with Crippen molar-refractivity contribution in [3.05, 3.63) is 54.1 Å². The number of benzene rings is 2. The minimum atomic E-state index is -4.69. The van der Waals surface area contributed by atoms with Crippen molar-refractivity contribution in [2.24, 2.45) is 0 Å². The van der Waals surface area contributed by atoms with Gasteiger partial charge >= 0.3 is 12.1 Å². The van der Waals surface area contributed by atoms with Crippen molar-refractivity contribution in [3.8, 4) is 16.9 Å². The van der Waals surface area contributed by atoms with E-state index in [1.165, 1.54) is 50.7 Å².